The molecule has 9 nitrogen and oxygen atoms in total. The molecule has 2 heterocycles. The van der Waals surface area contributed by atoms with E-state index in [1.165, 1.54) is 17.0 Å². The number of hydrogen-bond donors (Lipinski definition) is 1. The molecule has 11 heteroatoms. The number of thiocarbonyl (C=S) groups is 1. The number of nitro benzene ring substituents is 1. The summed E-state index contributed by atoms with van der Waals surface area (Å²) in [6.07, 6.45) is 1.87. The van der Waals surface area contributed by atoms with Gasteiger partial charge >= 0.3 is 5.97 Å². The van der Waals surface area contributed by atoms with Crippen molar-refractivity contribution in [3.63, 3.8) is 0 Å². The van der Waals surface area contributed by atoms with Crippen LogP contribution in [0.2, 0.25) is 0 Å². The van der Waals surface area contributed by atoms with E-state index < -0.39 is 10.9 Å². The van der Waals surface area contributed by atoms with E-state index >= 15 is 0 Å². The summed E-state index contributed by atoms with van der Waals surface area (Å²) < 4.78 is 0.370. The number of fused-ring (bicyclic) bond motifs is 1. The Morgan fingerprint density at radius 3 is 2.40 bits per heavy atom. The van der Waals surface area contributed by atoms with Gasteiger partial charge in [-0.2, -0.15) is 0 Å². The van der Waals surface area contributed by atoms with Crippen LogP contribution in [-0.4, -0.2) is 43.6 Å². The molecule has 1 N–H and O–H groups in total. The molecule has 180 valence electrons. The highest BCUT2D eigenvalue weighted by Gasteiger charge is 2.41. The Hall–Kier alpha value is -3.57. The van der Waals surface area contributed by atoms with Crippen LogP contribution in [0.1, 0.15) is 36.8 Å². The first-order chi connectivity index (χ1) is 16.8. The van der Waals surface area contributed by atoms with Gasteiger partial charge in [0.1, 0.15) is 4.32 Å². The second-order valence-electron chi connectivity index (χ2n) is 8.07. The van der Waals surface area contributed by atoms with Crippen molar-refractivity contribution in [1.29, 1.82) is 0 Å². The van der Waals surface area contributed by atoms with Gasteiger partial charge in [0, 0.05) is 30.7 Å². The summed E-state index contributed by atoms with van der Waals surface area (Å²) in [5.74, 6) is -1.50. The lowest BCUT2D eigenvalue weighted by atomic mass is 10.1. The van der Waals surface area contributed by atoms with Crippen LogP contribution in [0.3, 0.4) is 0 Å². The van der Waals surface area contributed by atoms with Gasteiger partial charge in [0.2, 0.25) is 0 Å². The van der Waals surface area contributed by atoms with Gasteiger partial charge in [0.25, 0.3) is 17.5 Å². The molecule has 1 fully saturated rings. The third-order valence-corrected chi connectivity index (χ3v) is 7.21. The molecule has 0 unspecified atom stereocenters. The van der Waals surface area contributed by atoms with Crippen molar-refractivity contribution >= 4 is 63.0 Å². The van der Waals surface area contributed by atoms with Crippen molar-refractivity contribution in [2.24, 2.45) is 0 Å². The topological polar surface area (TPSA) is 121 Å². The quantitative estimate of drug-likeness (QED) is 0.173. The Balaban J connectivity index is 1.56. The van der Waals surface area contributed by atoms with Crippen LogP contribution in [0, 0.1) is 10.1 Å². The number of carbonyl (C=O) groups excluding carboxylic acids is 2. The zero-order valence-electron chi connectivity index (χ0n) is 18.5. The molecule has 2 aromatic rings. The molecule has 4 rings (SSSR count). The van der Waals surface area contributed by atoms with E-state index in [2.05, 4.69) is 0 Å². The lowest BCUT2D eigenvalue weighted by molar-refractivity contribution is -0.384. The molecule has 35 heavy (non-hydrogen) atoms. The van der Waals surface area contributed by atoms with Crippen LogP contribution >= 0.6 is 24.0 Å². The first-order valence-electron chi connectivity index (χ1n) is 10.9. The molecule has 0 spiro atoms. The number of carboxylic acids is 1. The molecule has 0 aromatic heterocycles. The average molecular weight is 512 g/mol. The van der Waals surface area contributed by atoms with Crippen LogP contribution in [0.25, 0.3) is 5.57 Å². The standard InChI is InChI=1S/C24H21N3O6S2/c28-19(29)8-2-1-5-13-25-23(31)21(35-24(25)34)20-17-6-3-4-7-18(17)26(22(20)30)14-15-9-11-16(12-10-15)27(32)33/h3-4,6-7,9-12H,1-2,5,8,13-14H2,(H,28,29)/b21-20-. The van der Waals surface area contributed by atoms with E-state index in [4.69, 9.17) is 17.3 Å². The van der Waals surface area contributed by atoms with E-state index in [1.54, 1.807) is 41.3 Å². The maximum Gasteiger partial charge on any atom is 0.303 e. The number of carboxylic acid groups (broad SMARTS) is 1. The minimum atomic E-state index is -0.850. The molecule has 2 amide bonds. The SMILES string of the molecule is O=C(O)CCCCCN1C(=O)/C(=C2/C(=O)N(Cc3ccc([N+](=O)[O-])cc3)c3ccccc32)SC1=S. The predicted molar refractivity (Wildman–Crippen MR) is 136 cm³/mol. The van der Waals surface area contributed by atoms with Crippen molar-refractivity contribution in [2.75, 3.05) is 11.4 Å². The summed E-state index contributed by atoms with van der Waals surface area (Å²) in [5.41, 5.74) is 2.28. The van der Waals surface area contributed by atoms with Gasteiger partial charge < -0.3 is 10.0 Å². The summed E-state index contributed by atoms with van der Waals surface area (Å²) in [7, 11) is 0. The maximum atomic E-state index is 13.5. The van der Waals surface area contributed by atoms with Crippen molar-refractivity contribution in [3.05, 3.63) is 74.7 Å². The number of anilines is 1. The summed E-state index contributed by atoms with van der Waals surface area (Å²) in [4.78, 5) is 51.2. The number of thioether (sulfide) groups is 1. The Kier molecular flexibility index (Phi) is 7.27. The lowest BCUT2D eigenvalue weighted by Crippen LogP contribution is -2.30. The molecule has 0 aliphatic carbocycles. The second kappa shape index (κ2) is 10.4. The number of nitro groups is 1. The van der Waals surface area contributed by atoms with E-state index in [-0.39, 0.29) is 35.4 Å². The first-order valence-corrected chi connectivity index (χ1v) is 12.1. The Morgan fingerprint density at radius 2 is 1.71 bits per heavy atom. The summed E-state index contributed by atoms with van der Waals surface area (Å²) in [6.45, 7) is 0.560. The van der Waals surface area contributed by atoms with Crippen LogP contribution in [0.15, 0.2) is 53.4 Å². The molecule has 1 saturated heterocycles. The van der Waals surface area contributed by atoms with Gasteiger partial charge in [0.15, 0.2) is 0 Å². The summed E-state index contributed by atoms with van der Waals surface area (Å²) in [6, 6.07) is 13.2. The number of para-hydroxylation sites is 1. The highest BCUT2D eigenvalue weighted by atomic mass is 32.2. The average Bonchev–Trinajstić information content (AvgIpc) is 3.26. The number of unbranched alkanes of at least 4 members (excludes halogenated alkanes) is 2. The molecular formula is C24H21N3O6S2. The fourth-order valence-electron chi connectivity index (χ4n) is 4.03. The number of benzene rings is 2. The highest BCUT2D eigenvalue weighted by Crippen LogP contribution is 2.45. The fraction of sp³-hybridized carbons (Fsp3) is 0.250. The second-order valence-corrected chi connectivity index (χ2v) is 9.71. The number of nitrogens with zero attached hydrogens (tertiary/aromatic N) is 3. The normalized spacial score (nSPS) is 17.3. The van der Waals surface area contributed by atoms with Gasteiger partial charge in [-0.1, -0.05) is 60.7 Å². The third kappa shape index (κ3) is 5.10. The largest absolute Gasteiger partial charge is 0.481 e. The zero-order valence-corrected chi connectivity index (χ0v) is 20.1. The number of amides is 2. The van der Waals surface area contributed by atoms with Gasteiger partial charge in [-0.15, -0.1) is 0 Å². The monoisotopic (exact) mass is 511 g/mol. The molecular weight excluding hydrogens is 490 g/mol. The van der Waals surface area contributed by atoms with Crippen LogP contribution in [0.5, 0.6) is 0 Å². The van der Waals surface area contributed by atoms with Gasteiger partial charge in [-0.25, -0.2) is 0 Å². The van der Waals surface area contributed by atoms with E-state index in [1.807, 2.05) is 0 Å². The highest BCUT2D eigenvalue weighted by molar-refractivity contribution is 8.26. The Bertz CT molecular complexity index is 1260. The van der Waals surface area contributed by atoms with Crippen molar-refractivity contribution in [1.82, 2.24) is 4.90 Å². The first kappa shape index (κ1) is 24.6. The smallest absolute Gasteiger partial charge is 0.303 e. The van der Waals surface area contributed by atoms with Crippen molar-refractivity contribution < 1.29 is 24.4 Å². The van der Waals surface area contributed by atoms with Crippen LogP contribution < -0.4 is 4.90 Å². The molecule has 0 radical (unpaired) electrons. The predicted octanol–water partition coefficient (Wildman–Crippen LogP) is 4.36. The number of aliphatic carboxylic acids is 1. The third-order valence-electron chi connectivity index (χ3n) is 5.76. The van der Waals surface area contributed by atoms with E-state index in [9.17, 15) is 24.5 Å². The van der Waals surface area contributed by atoms with E-state index in [0.29, 0.717) is 52.5 Å². The zero-order chi connectivity index (χ0) is 25.1. The molecule has 2 aromatic carbocycles. The van der Waals surface area contributed by atoms with Gasteiger partial charge in [0.05, 0.1) is 27.6 Å². The van der Waals surface area contributed by atoms with Crippen molar-refractivity contribution in [2.45, 2.75) is 32.2 Å². The lowest BCUT2D eigenvalue weighted by Gasteiger charge is -2.17. The molecule has 0 bridgehead atoms. The molecule has 0 saturated carbocycles. The number of rotatable bonds is 9. The molecule has 2 aliphatic rings. The van der Waals surface area contributed by atoms with Crippen molar-refractivity contribution in [3.8, 4) is 0 Å². The van der Waals surface area contributed by atoms with Crippen LogP contribution in [-0.2, 0) is 20.9 Å². The molecule has 0 atom stereocenters. The Morgan fingerprint density at radius 1 is 1.00 bits per heavy atom. The number of carbonyl (C=O) groups is 3. The van der Waals surface area contributed by atoms with Gasteiger partial charge in [-0.05, 0) is 24.5 Å². The number of non-ortho nitro benzene ring substituents is 1. The molecule has 2 aliphatic heterocycles. The summed E-state index contributed by atoms with van der Waals surface area (Å²) >= 11 is 6.51. The summed E-state index contributed by atoms with van der Waals surface area (Å²) in [5, 5.41) is 19.7. The van der Waals surface area contributed by atoms with E-state index in [0.717, 1.165) is 11.8 Å². The van der Waals surface area contributed by atoms with Crippen LogP contribution in [0.4, 0.5) is 11.4 Å². The minimum Gasteiger partial charge on any atom is -0.481 e. The maximum absolute atomic E-state index is 13.5. The fourth-order valence-corrected chi connectivity index (χ4v) is 5.41. The van der Waals surface area contributed by atoms with Gasteiger partial charge in [-0.3, -0.25) is 29.4 Å². The number of hydrogen-bond acceptors (Lipinski definition) is 7. The Labute approximate surface area is 210 Å². The minimum absolute atomic E-state index is 0.0331.